The molecule has 4 N–H and O–H groups in total. The normalized spacial score (nSPS) is 14.7. The molecule has 1 atom stereocenters. The van der Waals surface area contributed by atoms with Crippen molar-refractivity contribution in [3.8, 4) is 0 Å². The van der Waals surface area contributed by atoms with Crippen LogP contribution in [-0.2, 0) is 0 Å². The van der Waals surface area contributed by atoms with Gasteiger partial charge in [-0.3, -0.25) is 9.59 Å². The molecule has 1 amide bonds. The Morgan fingerprint density at radius 2 is 1.78 bits per heavy atom. The molecular formula is C26H27F2N5O2S. The number of piperidine rings is 1. The van der Waals surface area contributed by atoms with Gasteiger partial charge in [-0.1, -0.05) is 29.9 Å². The van der Waals surface area contributed by atoms with Crippen LogP contribution in [0.1, 0.15) is 44.9 Å². The van der Waals surface area contributed by atoms with Crippen molar-refractivity contribution < 1.29 is 18.4 Å². The number of carbonyl (C=O) groups is 2. The van der Waals surface area contributed by atoms with E-state index in [-0.39, 0.29) is 27.8 Å². The van der Waals surface area contributed by atoms with E-state index in [2.05, 4.69) is 27.1 Å². The molecule has 4 rings (SSSR count). The van der Waals surface area contributed by atoms with E-state index in [9.17, 15) is 18.4 Å². The maximum Gasteiger partial charge on any atom is 0.251 e. The second-order valence-corrected chi connectivity index (χ2v) is 9.54. The molecule has 0 bridgehead atoms. The number of nitrogens with zero attached hydrogens (tertiary/aromatic N) is 2. The monoisotopic (exact) mass is 511 g/mol. The third kappa shape index (κ3) is 5.95. The van der Waals surface area contributed by atoms with Crippen molar-refractivity contribution in [1.29, 1.82) is 0 Å². The van der Waals surface area contributed by atoms with Crippen LogP contribution < -0.4 is 16.4 Å². The molecular weight excluding hydrogens is 484 g/mol. The molecule has 1 aliphatic rings. The first-order valence-electron chi connectivity index (χ1n) is 11.6. The first-order valence-corrected chi connectivity index (χ1v) is 12.4. The number of hydrogen-bond acceptors (Lipinski definition) is 7. The van der Waals surface area contributed by atoms with E-state index < -0.39 is 23.0 Å². The lowest BCUT2D eigenvalue weighted by molar-refractivity contribution is 0.0931. The molecule has 0 aliphatic carbocycles. The topological polar surface area (TPSA) is 100 Å². The second kappa shape index (κ2) is 11.4. The van der Waals surface area contributed by atoms with Gasteiger partial charge < -0.3 is 21.3 Å². The van der Waals surface area contributed by atoms with Gasteiger partial charge in [0.15, 0.2) is 5.13 Å². The number of nitrogen functional groups attached to an aromatic ring is 1. The van der Waals surface area contributed by atoms with E-state index in [0.29, 0.717) is 11.3 Å². The lowest BCUT2D eigenvalue weighted by atomic mass is 10.1. The number of nitrogens with two attached hydrogens (primary N) is 1. The molecule has 36 heavy (non-hydrogen) atoms. The summed E-state index contributed by atoms with van der Waals surface area (Å²) < 4.78 is 28.0. The largest absolute Gasteiger partial charge is 0.382 e. The average Bonchev–Trinajstić information content (AvgIpc) is 3.24. The standard InChI is InChI=1S/C26H27F2N5O2S/c1-2-17(15-33-13-4-3-5-14-33)30-25(35)16-9-11-18(12-10-16)31-26-32-24(29)23(36-26)22(34)21-19(27)7-6-8-20(21)28/h2,6-12,17H,1,3-5,13-15,29H2,(H,30,35)(H,31,32). The summed E-state index contributed by atoms with van der Waals surface area (Å²) in [5, 5.41) is 6.28. The van der Waals surface area contributed by atoms with Gasteiger partial charge in [0.2, 0.25) is 5.78 Å². The van der Waals surface area contributed by atoms with Crippen molar-refractivity contribution in [1.82, 2.24) is 15.2 Å². The highest BCUT2D eigenvalue weighted by Gasteiger charge is 2.24. The van der Waals surface area contributed by atoms with Gasteiger partial charge in [0.1, 0.15) is 22.3 Å². The van der Waals surface area contributed by atoms with Crippen molar-refractivity contribution in [2.24, 2.45) is 0 Å². The average molecular weight is 512 g/mol. The molecule has 188 valence electrons. The van der Waals surface area contributed by atoms with Crippen LogP contribution in [0.3, 0.4) is 0 Å². The predicted molar refractivity (Wildman–Crippen MR) is 138 cm³/mol. The Hall–Kier alpha value is -3.63. The zero-order valence-electron chi connectivity index (χ0n) is 19.6. The molecule has 0 spiro atoms. The van der Waals surface area contributed by atoms with Crippen LogP contribution in [0.25, 0.3) is 0 Å². The summed E-state index contributed by atoms with van der Waals surface area (Å²) in [6, 6.07) is 9.76. The van der Waals surface area contributed by atoms with Crippen molar-refractivity contribution in [2.45, 2.75) is 25.3 Å². The number of likely N-dealkylation sites (tertiary alicyclic amines) is 1. The quantitative estimate of drug-likeness (QED) is 0.283. The van der Waals surface area contributed by atoms with E-state index in [4.69, 9.17) is 5.73 Å². The minimum absolute atomic E-state index is 0.0679. The lowest BCUT2D eigenvalue weighted by Crippen LogP contribution is -2.44. The summed E-state index contributed by atoms with van der Waals surface area (Å²) in [5.41, 5.74) is 6.26. The van der Waals surface area contributed by atoms with E-state index in [0.717, 1.165) is 43.1 Å². The molecule has 1 fully saturated rings. The Morgan fingerprint density at radius 3 is 2.42 bits per heavy atom. The van der Waals surface area contributed by atoms with Crippen LogP contribution in [0.5, 0.6) is 0 Å². The summed E-state index contributed by atoms with van der Waals surface area (Å²) >= 11 is 0.888. The number of amides is 1. The summed E-state index contributed by atoms with van der Waals surface area (Å²) in [5.74, 6) is -3.14. The fourth-order valence-corrected chi connectivity index (χ4v) is 4.91. The molecule has 1 aliphatic heterocycles. The van der Waals surface area contributed by atoms with Gasteiger partial charge in [0.25, 0.3) is 5.91 Å². The number of benzene rings is 2. The molecule has 0 saturated carbocycles. The van der Waals surface area contributed by atoms with Gasteiger partial charge >= 0.3 is 0 Å². The lowest BCUT2D eigenvalue weighted by Gasteiger charge is -2.29. The zero-order valence-corrected chi connectivity index (χ0v) is 20.4. The Bertz CT molecular complexity index is 1240. The maximum absolute atomic E-state index is 14.0. The molecule has 10 heteroatoms. The number of thiazole rings is 1. The van der Waals surface area contributed by atoms with Gasteiger partial charge in [-0.05, 0) is 62.3 Å². The molecule has 1 aromatic heterocycles. The minimum Gasteiger partial charge on any atom is -0.382 e. The van der Waals surface area contributed by atoms with Crippen LogP contribution in [0.4, 0.5) is 25.4 Å². The van der Waals surface area contributed by atoms with Gasteiger partial charge in [-0.15, -0.1) is 6.58 Å². The van der Waals surface area contributed by atoms with Gasteiger partial charge in [0, 0.05) is 17.8 Å². The molecule has 0 radical (unpaired) electrons. The highest BCUT2D eigenvalue weighted by molar-refractivity contribution is 7.18. The number of hydrogen-bond donors (Lipinski definition) is 3. The third-order valence-electron chi connectivity index (χ3n) is 5.95. The van der Waals surface area contributed by atoms with Crippen molar-refractivity contribution in [3.63, 3.8) is 0 Å². The van der Waals surface area contributed by atoms with Crippen molar-refractivity contribution in [3.05, 3.63) is 82.8 Å². The number of aromatic nitrogens is 1. The summed E-state index contributed by atoms with van der Waals surface area (Å²) in [4.78, 5) is 31.7. The number of nitrogens with one attached hydrogen (secondary N) is 2. The summed E-state index contributed by atoms with van der Waals surface area (Å²) in [6.07, 6.45) is 5.35. The summed E-state index contributed by atoms with van der Waals surface area (Å²) in [6.45, 7) is 6.65. The Kier molecular flexibility index (Phi) is 8.07. The Labute approximate surface area is 212 Å². The van der Waals surface area contributed by atoms with Gasteiger partial charge in [-0.25, -0.2) is 13.8 Å². The molecule has 1 unspecified atom stereocenters. The van der Waals surface area contributed by atoms with Crippen LogP contribution >= 0.6 is 11.3 Å². The molecule has 7 nitrogen and oxygen atoms in total. The number of anilines is 3. The predicted octanol–water partition coefficient (Wildman–Crippen LogP) is 4.75. The van der Waals surface area contributed by atoms with Crippen molar-refractivity contribution >= 4 is 39.7 Å². The smallest absolute Gasteiger partial charge is 0.251 e. The van der Waals surface area contributed by atoms with Crippen LogP contribution in [0, 0.1) is 11.6 Å². The Morgan fingerprint density at radius 1 is 1.11 bits per heavy atom. The Balaban J connectivity index is 1.40. The van der Waals surface area contributed by atoms with Gasteiger partial charge in [0.05, 0.1) is 11.6 Å². The third-order valence-corrected chi connectivity index (χ3v) is 6.94. The van der Waals surface area contributed by atoms with E-state index in [1.807, 2.05) is 0 Å². The number of ketones is 1. The first-order chi connectivity index (χ1) is 17.4. The zero-order chi connectivity index (χ0) is 25.7. The minimum atomic E-state index is -0.967. The van der Waals surface area contributed by atoms with Crippen LogP contribution in [0.2, 0.25) is 0 Å². The van der Waals surface area contributed by atoms with E-state index >= 15 is 0 Å². The number of carbonyl (C=O) groups excluding carboxylic acids is 2. The molecule has 3 aromatic rings. The highest BCUT2D eigenvalue weighted by atomic mass is 32.1. The number of halogens is 2. The van der Waals surface area contributed by atoms with E-state index in [1.165, 1.54) is 25.3 Å². The maximum atomic E-state index is 14.0. The van der Waals surface area contributed by atoms with Crippen LogP contribution in [-0.4, -0.2) is 47.3 Å². The summed E-state index contributed by atoms with van der Waals surface area (Å²) in [7, 11) is 0. The van der Waals surface area contributed by atoms with Gasteiger partial charge in [-0.2, -0.15) is 0 Å². The molecule has 1 saturated heterocycles. The van der Waals surface area contributed by atoms with Crippen molar-refractivity contribution in [2.75, 3.05) is 30.7 Å². The second-order valence-electron chi connectivity index (χ2n) is 8.54. The van der Waals surface area contributed by atoms with E-state index in [1.54, 1.807) is 30.3 Å². The SMILES string of the molecule is C=CC(CN1CCCCC1)NC(=O)c1ccc(Nc2nc(N)c(C(=O)c3c(F)cccc3F)s2)cc1. The fourth-order valence-electron chi connectivity index (χ4n) is 4.06. The fraction of sp³-hybridized carbons (Fsp3) is 0.269. The number of rotatable bonds is 9. The highest BCUT2D eigenvalue weighted by Crippen LogP contribution is 2.31. The molecule has 2 heterocycles. The molecule has 2 aromatic carbocycles. The first kappa shape index (κ1) is 25.5. The van der Waals surface area contributed by atoms with Crippen LogP contribution in [0.15, 0.2) is 55.1 Å².